The Labute approximate surface area is 160 Å². The van der Waals surface area contributed by atoms with Crippen LogP contribution in [0.4, 0.5) is 16.2 Å². The van der Waals surface area contributed by atoms with Crippen LogP contribution in [0, 0.1) is 6.92 Å². The maximum Gasteiger partial charge on any atom is 0.319 e. The Morgan fingerprint density at radius 3 is 2.30 bits per heavy atom. The number of carbonyl (C=O) groups excluding carboxylic acids is 2. The second-order valence-electron chi connectivity index (χ2n) is 7.14. The number of amides is 3. The summed E-state index contributed by atoms with van der Waals surface area (Å²) in [6, 6.07) is 14.7. The van der Waals surface area contributed by atoms with Crippen molar-refractivity contribution in [2.75, 3.05) is 10.6 Å². The SMILES string of the molecule is Cc1ccc(C(=O)Nc2ccccc2)cc1NC(=O)NC1CCCCCC1. The van der Waals surface area contributed by atoms with Gasteiger partial charge in [-0.25, -0.2) is 4.79 Å². The van der Waals surface area contributed by atoms with Crippen molar-refractivity contribution in [3.8, 4) is 0 Å². The number of benzene rings is 2. The lowest BCUT2D eigenvalue weighted by Crippen LogP contribution is -2.37. The molecule has 0 spiro atoms. The van der Waals surface area contributed by atoms with E-state index in [0.29, 0.717) is 11.3 Å². The minimum atomic E-state index is -0.203. The third-order valence-electron chi connectivity index (χ3n) is 4.97. The highest BCUT2D eigenvalue weighted by molar-refractivity contribution is 6.05. The fourth-order valence-electron chi connectivity index (χ4n) is 3.39. The molecule has 1 saturated carbocycles. The number of carbonyl (C=O) groups is 2. The molecule has 3 amide bonds. The summed E-state index contributed by atoms with van der Waals surface area (Å²) in [4.78, 5) is 24.9. The number of hydrogen-bond donors (Lipinski definition) is 3. The molecule has 0 atom stereocenters. The monoisotopic (exact) mass is 365 g/mol. The fourth-order valence-corrected chi connectivity index (χ4v) is 3.39. The number of urea groups is 1. The smallest absolute Gasteiger partial charge is 0.319 e. The van der Waals surface area contributed by atoms with Crippen LogP contribution >= 0.6 is 0 Å². The Morgan fingerprint density at radius 1 is 0.889 bits per heavy atom. The normalized spacial score (nSPS) is 14.9. The van der Waals surface area contributed by atoms with Crippen LogP contribution in [0.2, 0.25) is 0 Å². The molecular formula is C22H27N3O2. The summed E-state index contributed by atoms with van der Waals surface area (Å²) < 4.78 is 0. The quantitative estimate of drug-likeness (QED) is 0.660. The zero-order chi connectivity index (χ0) is 19.1. The third-order valence-corrected chi connectivity index (χ3v) is 4.97. The van der Waals surface area contributed by atoms with Crippen LogP contribution in [0.1, 0.15) is 54.4 Å². The second-order valence-corrected chi connectivity index (χ2v) is 7.14. The van der Waals surface area contributed by atoms with Crippen molar-refractivity contribution < 1.29 is 9.59 Å². The van der Waals surface area contributed by atoms with E-state index in [1.165, 1.54) is 25.7 Å². The van der Waals surface area contributed by atoms with Crippen LogP contribution in [0.5, 0.6) is 0 Å². The fraction of sp³-hybridized carbons (Fsp3) is 0.364. The molecule has 1 aliphatic carbocycles. The van der Waals surface area contributed by atoms with E-state index in [2.05, 4.69) is 16.0 Å². The summed E-state index contributed by atoms with van der Waals surface area (Å²) >= 11 is 0. The molecule has 0 saturated heterocycles. The van der Waals surface area contributed by atoms with E-state index in [1.807, 2.05) is 43.3 Å². The lowest BCUT2D eigenvalue weighted by atomic mass is 10.1. The molecule has 1 aliphatic rings. The lowest BCUT2D eigenvalue weighted by molar-refractivity contribution is 0.102. The van der Waals surface area contributed by atoms with Crippen molar-refractivity contribution in [3.63, 3.8) is 0 Å². The Kier molecular flexibility index (Phi) is 6.47. The van der Waals surface area contributed by atoms with Gasteiger partial charge in [-0.3, -0.25) is 4.79 Å². The topological polar surface area (TPSA) is 70.2 Å². The van der Waals surface area contributed by atoms with Crippen molar-refractivity contribution in [2.24, 2.45) is 0 Å². The van der Waals surface area contributed by atoms with Crippen molar-refractivity contribution in [1.82, 2.24) is 5.32 Å². The van der Waals surface area contributed by atoms with Crippen molar-refractivity contribution in [2.45, 2.75) is 51.5 Å². The first kappa shape index (κ1) is 19.0. The van der Waals surface area contributed by atoms with E-state index in [-0.39, 0.29) is 18.0 Å². The van der Waals surface area contributed by atoms with Gasteiger partial charge in [0.25, 0.3) is 5.91 Å². The molecule has 0 unspecified atom stereocenters. The number of para-hydroxylation sites is 1. The van der Waals surface area contributed by atoms with Crippen LogP contribution in [0.15, 0.2) is 48.5 Å². The minimum absolute atomic E-state index is 0.201. The summed E-state index contributed by atoms with van der Waals surface area (Å²) in [5.41, 5.74) is 2.82. The zero-order valence-corrected chi connectivity index (χ0v) is 15.8. The predicted molar refractivity (Wildman–Crippen MR) is 109 cm³/mol. The summed E-state index contributed by atoms with van der Waals surface area (Å²) in [5.74, 6) is -0.201. The van der Waals surface area contributed by atoms with Crippen LogP contribution < -0.4 is 16.0 Å². The molecule has 2 aromatic carbocycles. The van der Waals surface area contributed by atoms with Gasteiger partial charge < -0.3 is 16.0 Å². The van der Waals surface area contributed by atoms with E-state index < -0.39 is 0 Å². The number of anilines is 2. The van der Waals surface area contributed by atoms with Gasteiger partial charge in [-0.1, -0.05) is 49.9 Å². The van der Waals surface area contributed by atoms with Crippen molar-refractivity contribution >= 4 is 23.3 Å². The van der Waals surface area contributed by atoms with Crippen molar-refractivity contribution in [3.05, 3.63) is 59.7 Å². The summed E-state index contributed by atoms with van der Waals surface area (Å²) in [7, 11) is 0. The molecule has 142 valence electrons. The highest BCUT2D eigenvalue weighted by Gasteiger charge is 2.16. The molecule has 5 nitrogen and oxygen atoms in total. The van der Waals surface area contributed by atoms with Gasteiger partial charge in [-0.05, 0) is 49.6 Å². The second kappa shape index (κ2) is 9.21. The van der Waals surface area contributed by atoms with Gasteiger partial charge in [0.05, 0.1) is 0 Å². The van der Waals surface area contributed by atoms with Gasteiger partial charge >= 0.3 is 6.03 Å². The first-order valence-electron chi connectivity index (χ1n) is 9.66. The minimum Gasteiger partial charge on any atom is -0.335 e. The molecule has 0 heterocycles. The number of nitrogens with one attached hydrogen (secondary N) is 3. The molecule has 3 N–H and O–H groups in total. The van der Waals surface area contributed by atoms with E-state index in [4.69, 9.17) is 0 Å². The van der Waals surface area contributed by atoms with Gasteiger partial charge in [-0.15, -0.1) is 0 Å². The first-order chi connectivity index (χ1) is 13.1. The Balaban J connectivity index is 1.64. The summed E-state index contributed by atoms with van der Waals surface area (Å²) in [6.07, 6.45) is 6.89. The first-order valence-corrected chi connectivity index (χ1v) is 9.66. The number of aryl methyl sites for hydroxylation is 1. The molecule has 0 radical (unpaired) electrons. The Hall–Kier alpha value is -2.82. The maximum atomic E-state index is 12.5. The van der Waals surface area contributed by atoms with Gasteiger partial charge in [0, 0.05) is 23.0 Å². The highest BCUT2D eigenvalue weighted by Crippen LogP contribution is 2.20. The maximum absolute atomic E-state index is 12.5. The Bertz CT molecular complexity index is 781. The predicted octanol–water partition coefficient (Wildman–Crippen LogP) is 5.09. The van der Waals surface area contributed by atoms with Crippen LogP contribution in [-0.4, -0.2) is 18.0 Å². The van der Waals surface area contributed by atoms with Crippen molar-refractivity contribution in [1.29, 1.82) is 0 Å². The molecule has 27 heavy (non-hydrogen) atoms. The standard InChI is InChI=1S/C22H27N3O2/c1-16-13-14-17(21(26)23-18-9-7-4-8-10-18)15-20(16)25-22(27)24-19-11-5-2-3-6-12-19/h4,7-10,13-15,19H,2-3,5-6,11-12H2,1H3,(H,23,26)(H2,24,25,27). The highest BCUT2D eigenvalue weighted by atomic mass is 16.2. The molecule has 3 rings (SSSR count). The van der Waals surface area contributed by atoms with Gasteiger partial charge in [0.2, 0.25) is 0 Å². The average Bonchev–Trinajstić information content (AvgIpc) is 2.93. The van der Waals surface area contributed by atoms with Crippen LogP contribution in [0.25, 0.3) is 0 Å². The van der Waals surface area contributed by atoms with Gasteiger partial charge in [0.15, 0.2) is 0 Å². The van der Waals surface area contributed by atoms with E-state index in [9.17, 15) is 9.59 Å². The largest absolute Gasteiger partial charge is 0.335 e. The number of rotatable bonds is 4. The van der Waals surface area contributed by atoms with E-state index in [1.54, 1.807) is 12.1 Å². The molecular weight excluding hydrogens is 338 g/mol. The lowest BCUT2D eigenvalue weighted by Gasteiger charge is -2.18. The molecule has 1 fully saturated rings. The number of hydrogen-bond acceptors (Lipinski definition) is 2. The van der Waals surface area contributed by atoms with Crippen LogP contribution in [-0.2, 0) is 0 Å². The third kappa shape index (κ3) is 5.58. The van der Waals surface area contributed by atoms with E-state index in [0.717, 1.165) is 24.1 Å². The molecule has 0 bridgehead atoms. The Morgan fingerprint density at radius 2 is 1.59 bits per heavy atom. The average molecular weight is 365 g/mol. The van der Waals surface area contributed by atoms with Gasteiger partial charge in [0.1, 0.15) is 0 Å². The zero-order valence-electron chi connectivity index (χ0n) is 15.8. The van der Waals surface area contributed by atoms with Gasteiger partial charge in [-0.2, -0.15) is 0 Å². The van der Waals surface area contributed by atoms with E-state index >= 15 is 0 Å². The molecule has 0 aromatic heterocycles. The summed E-state index contributed by atoms with van der Waals surface area (Å²) in [5, 5.41) is 8.84. The molecule has 2 aromatic rings. The summed E-state index contributed by atoms with van der Waals surface area (Å²) in [6.45, 7) is 1.92. The molecule has 5 heteroatoms. The van der Waals surface area contributed by atoms with Crippen LogP contribution in [0.3, 0.4) is 0 Å². The molecule has 0 aliphatic heterocycles.